The van der Waals surface area contributed by atoms with Crippen LogP contribution in [0.15, 0.2) is 23.0 Å². The van der Waals surface area contributed by atoms with Crippen LogP contribution in [0, 0.1) is 16.1 Å². The Morgan fingerprint density at radius 3 is 2.81 bits per heavy atom. The molecule has 0 radical (unpaired) electrons. The zero-order chi connectivity index (χ0) is 19.1. The Morgan fingerprint density at radius 2 is 2.15 bits per heavy atom. The molecule has 0 saturated heterocycles. The molecule has 1 heterocycles. The van der Waals surface area contributed by atoms with Crippen molar-refractivity contribution in [1.82, 2.24) is 9.97 Å². The van der Waals surface area contributed by atoms with Gasteiger partial charge in [0.2, 0.25) is 0 Å². The smallest absolute Gasteiger partial charge is 0.270 e. The Morgan fingerprint density at radius 1 is 1.38 bits per heavy atom. The number of hydrogen-bond donors (Lipinski definition) is 4. The first-order valence-corrected chi connectivity index (χ1v) is 8.14. The van der Waals surface area contributed by atoms with Gasteiger partial charge in [0.15, 0.2) is 16.3 Å². The first-order chi connectivity index (χ1) is 12.5. The van der Waals surface area contributed by atoms with Gasteiger partial charge in [-0.2, -0.15) is 5.26 Å². The van der Waals surface area contributed by atoms with E-state index < -0.39 is 11.8 Å². The highest BCUT2D eigenvalue weighted by atomic mass is 32.1. The summed E-state index contributed by atoms with van der Waals surface area (Å²) in [6, 6.07) is 7.08. The fourth-order valence-electron chi connectivity index (χ4n) is 2.17. The average Bonchev–Trinajstić information content (AvgIpc) is 2.58. The number of nitrogens with zero attached hydrogens (tertiary/aromatic N) is 1. The van der Waals surface area contributed by atoms with Gasteiger partial charge in [0.05, 0.1) is 12.3 Å². The second-order valence-electron chi connectivity index (χ2n) is 5.13. The number of nitrogens with two attached hydrogens (primary N) is 1. The van der Waals surface area contributed by atoms with Gasteiger partial charge in [-0.1, -0.05) is 12.1 Å². The molecule has 2 aromatic rings. The Labute approximate surface area is 154 Å². The molecule has 1 atom stereocenters. The molecule has 0 aliphatic rings. The molecule has 0 aliphatic carbocycles. The van der Waals surface area contributed by atoms with Crippen LogP contribution in [0.5, 0.6) is 11.5 Å². The molecular formula is C17H18N4O4S. The molecule has 0 bridgehead atoms. The van der Waals surface area contributed by atoms with Gasteiger partial charge in [0.25, 0.3) is 5.56 Å². The summed E-state index contributed by atoms with van der Waals surface area (Å²) >= 11 is 4.94. The molecule has 26 heavy (non-hydrogen) atoms. The van der Waals surface area contributed by atoms with E-state index in [2.05, 4.69) is 9.97 Å². The fourth-order valence-corrected chi connectivity index (χ4v) is 2.37. The standard InChI is InChI=1S/C17H18N4O4S/c1-2-24-13-5-3-4-10(15(13)25-9-14(19)22)6-7-12-11(8-18)16(23)21-17(26)20-12/h3-7,14,22H,2,9,19H2,1H3,(H2,20,21,23,26)/b7-6+. The van der Waals surface area contributed by atoms with Crippen LogP contribution in [0.3, 0.4) is 0 Å². The number of nitriles is 1. The van der Waals surface area contributed by atoms with E-state index in [0.29, 0.717) is 23.7 Å². The van der Waals surface area contributed by atoms with E-state index in [1.54, 1.807) is 30.4 Å². The Bertz CT molecular complexity index is 956. The summed E-state index contributed by atoms with van der Waals surface area (Å²) < 4.78 is 11.2. The SMILES string of the molecule is CCOc1cccc(/C=C/c2[nH]c(=S)[nH]c(=O)c2C#N)c1OCC(N)O. The third-order valence-corrected chi connectivity index (χ3v) is 3.42. The highest BCUT2D eigenvalue weighted by Crippen LogP contribution is 2.32. The number of aliphatic hydroxyl groups excluding tert-OH is 1. The number of aromatic amines is 2. The number of benzene rings is 1. The van der Waals surface area contributed by atoms with E-state index in [9.17, 15) is 9.90 Å². The van der Waals surface area contributed by atoms with Gasteiger partial charge in [-0.25, -0.2) is 0 Å². The summed E-state index contributed by atoms with van der Waals surface area (Å²) in [7, 11) is 0. The number of H-pyrrole nitrogens is 2. The lowest BCUT2D eigenvalue weighted by atomic mass is 10.1. The van der Waals surface area contributed by atoms with E-state index in [4.69, 9.17) is 32.7 Å². The molecule has 1 aromatic carbocycles. The number of rotatable bonds is 7. The van der Waals surface area contributed by atoms with Crippen LogP contribution >= 0.6 is 12.2 Å². The van der Waals surface area contributed by atoms with Crippen LogP contribution in [0.4, 0.5) is 0 Å². The molecule has 1 unspecified atom stereocenters. The lowest BCUT2D eigenvalue weighted by Crippen LogP contribution is -2.27. The highest BCUT2D eigenvalue weighted by Gasteiger charge is 2.11. The van der Waals surface area contributed by atoms with Crippen molar-refractivity contribution in [3.05, 3.63) is 50.1 Å². The third kappa shape index (κ3) is 4.80. The topological polar surface area (TPSA) is 137 Å². The molecule has 0 aliphatic heterocycles. The van der Waals surface area contributed by atoms with E-state index in [0.717, 1.165) is 0 Å². The predicted molar refractivity (Wildman–Crippen MR) is 99.2 cm³/mol. The van der Waals surface area contributed by atoms with Crippen molar-refractivity contribution in [2.45, 2.75) is 13.2 Å². The summed E-state index contributed by atoms with van der Waals surface area (Å²) in [6.07, 6.45) is 2.04. The van der Waals surface area contributed by atoms with E-state index in [1.165, 1.54) is 0 Å². The molecule has 0 saturated carbocycles. The van der Waals surface area contributed by atoms with Gasteiger partial charge in [-0.05, 0) is 37.4 Å². The summed E-state index contributed by atoms with van der Waals surface area (Å²) in [5.41, 5.74) is 5.56. The molecule has 0 spiro atoms. The molecule has 9 heteroatoms. The number of ether oxygens (including phenoxy) is 2. The van der Waals surface area contributed by atoms with E-state index in [1.807, 2.05) is 13.0 Å². The monoisotopic (exact) mass is 374 g/mol. The van der Waals surface area contributed by atoms with Gasteiger partial charge in [-0.3, -0.25) is 9.78 Å². The minimum Gasteiger partial charge on any atom is -0.490 e. The molecule has 136 valence electrons. The van der Waals surface area contributed by atoms with Crippen LogP contribution in [0.2, 0.25) is 0 Å². The number of aromatic nitrogens is 2. The van der Waals surface area contributed by atoms with Crippen molar-refractivity contribution in [2.24, 2.45) is 5.73 Å². The van der Waals surface area contributed by atoms with Gasteiger partial charge in [-0.15, -0.1) is 0 Å². The second-order valence-corrected chi connectivity index (χ2v) is 5.54. The summed E-state index contributed by atoms with van der Waals surface area (Å²) in [5, 5.41) is 18.4. The molecule has 8 nitrogen and oxygen atoms in total. The van der Waals surface area contributed by atoms with Crippen LogP contribution in [-0.4, -0.2) is 34.5 Å². The molecule has 5 N–H and O–H groups in total. The molecule has 0 fully saturated rings. The minimum atomic E-state index is -1.14. The summed E-state index contributed by atoms with van der Waals surface area (Å²) in [4.78, 5) is 16.9. The second kappa shape index (κ2) is 8.96. The maximum Gasteiger partial charge on any atom is 0.270 e. The van der Waals surface area contributed by atoms with E-state index in [-0.39, 0.29) is 22.6 Å². The average molecular weight is 374 g/mol. The third-order valence-electron chi connectivity index (χ3n) is 3.22. The van der Waals surface area contributed by atoms with Crippen molar-refractivity contribution >= 4 is 24.4 Å². The molecule has 1 aromatic heterocycles. The van der Waals surface area contributed by atoms with Crippen molar-refractivity contribution in [2.75, 3.05) is 13.2 Å². The molecule has 0 amide bonds. The first-order valence-electron chi connectivity index (χ1n) is 7.73. The van der Waals surface area contributed by atoms with Crippen LogP contribution < -0.4 is 20.8 Å². The minimum absolute atomic E-state index is 0.0874. The van der Waals surface area contributed by atoms with Gasteiger partial charge in [0.1, 0.15) is 24.5 Å². The van der Waals surface area contributed by atoms with Gasteiger partial charge < -0.3 is 25.3 Å². The Balaban J connectivity index is 2.48. The maximum atomic E-state index is 11.8. The highest BCUT2D eigenvalue weighted by molar-refractivity contribution is 7.71. The number of hydrogen-bond acceptors (Lipinski definition) is 7. The van der Waals surface area contributed by atoms with Crippen molar-refractivity contribution in [3.8, 4) is 17.6 Å². The van der Waals surface area contributed by atoms with Crippen LogP contribution in [0.25, 0.3) is 12.2 Å². The predicted octanol–water partition coefficient (Wildman–Crippen LogP) is 1.53. The summed E-state index contributed by atoms with van der Waals surface area (Å²) in [6.45, 7) is 2.13. The quantitative estimate of drug-likeness (QED) is 0.426. The molecular weight excluding hydrogens is 356 g/mol. The van der Waals surface area contributed by atoms with Crippen LogP contribution in [-0.2, 0) is 0 Å². The number of nitrogens with one attached hydrogen (secondary N) is 2. The number of aliphatic hydroxyl groups is 1. The summed E-state index contributed by atoms with van der Waals surface area (Å²) in [5.74, 6) is 0.867. The fraction of sp³-hybridized carbons (Fsp3) is 0.235. The number of para-hydroxylation sites is 1. The Hall–Kier alpha value is -2.93. The van der Waals surface area contributed by atoms with Gasteiger partial charge in [0, 0.05) is 5.56 Å². The first kappa shape index (κ1) is 19.4. The molecule has 2 rings (SSSR count). The van der Waals surface area contributed by atoms with Crippen molar-refractivity contribution < 1.29 is 14.6 Å². The lowest BCUT2D eigenvalue weighted by molar-refractivity contribution is 0.110. The zero-order valence-corrected chi connectivity index (χ0v) is 14.8. The maximum absolute atomic E-state index is 11.8. The largest absolute Gasteiger partial charge is 0.490 e. The zero-order valence-electron chi connectivity index (χ0n) is 14.0. The van der Waals surface area contributed by atoms with Crippen molar-refractivity contribution in [1.29, 1.82) is 5.26 Å². The normalized spacial score (nSPS) is 11.9. The van der Waals surface area contributed by atoms with E-state index >= 15 is 0 Å². The van der Waals surface area contributed by atoms with Crippen molar-refractivity contribution in [3.63, 3.8) is 0 Å². The van der Waals surface area contributed by atoms with Gasteiger partial charge >= 0.3 is 0 Å². The lowest BCUT2D eigenvalue weighted by Gasteiger charge is -2.15. The van der Waals surface area contributed by atoms with Crippen LogP contribution in [0.1, 0.15) is 23.7 Å². The Kier molecular flexibility index (Phi) is 6.68.